The molecule has 0 bridgehead atoms. The highest BCUT2D eigenvalue weighted by atomic mass is 35.5. The predicted molar refractivity (Wildman–Crippen MR) is 116 cm³/mol. The van der Waals surface area contributed by atoms with Crippen LogP contribution in [0.1, 0.15) is 50.5 Å². The van der Waals surface area contributed by atoms with Crippen LogP contribution >= 0.6 is 11.6 Å². The molecule has 1 N–H and O–H groups in total. The fourth-order valence-corrected chi connectivity index (χ4v) is 4.45. The number of phenols is 1. The van der Waals surface area contributed by atoms with Crippen LogP contribution in [-0.2, 0) is 19.1 Å². The van der Waals surface area contributed by atoms with Crippen molar-refractivity contribution in [2.45, 2.75) is 51.0 Å². The summed E-state index contributed by atoms with van der Waals surface area (Å²) in [5.41, 5.74) is 1.10. The Hall–Kier alpha value is -2.67. The van der Waals surface area contributed by atoms with Gasteiger partial charge in [-0.3, -0.25) is 0 Å². The third-order valence-electron chi connectivity index (χ3n) is 5.72. The molecule has 0 aromatic heterocycles. The Balaban J connectivity index is 2.14. The molecular formula is C23H28ClNO6. The lowest BCUT2D eigenvalue weighted by Crippen LogP contribution is -2.35. The molecule has 2 aliphatic rings. The van der Waals surface area contributed by atoms with Gasteiger partial charge in [-0.05, 0) is 37.5 Å². The van der Waals surface area contributed by atoms with Gasteiger partial charge in [0.15, 0.2) is 11.5 Å². The summed E-state index contributed by atoms with van der Waals surface area (Å²) in [7, 11) is 2.60. The van der Waals surface area contributed by atoms with Crippen LogP contribution in [0.3, 0.4) is 0 Å². The zero-order valence-electron chi connectivity index (χ0n) is 18.0. The molecule has 168 valence electrons. The lowest BCUT2D eigenvalue weighted by molar-refractivity contribution is -0.137. The molecule has 1 aromatic rings. The summed E-state index contributed by atoms with van der Waals surface area (Å²) < 4.78 is 15.6. The molecule has 0 saturated heterocycles. The predicted octanol–water partition coefficient (Wildman–Crippen LogP) is 4.29. The molecular weight excluding hydrogens is 422 g/mol. The molecule has 1 heterocycles. The average molecular weight is 450 g/mol. The molecule has 1 aliphatic heterocycles. The van der Waals surface area contributed by atoms with Crippen LogP contribution in [0.25, 0.3) is 0 Å². The fraction of sp³-hybridized carbons (Fsp3) is 0.478. The molecule has 0 atom stereocenters. The topological polar surface area (TPSA) is 85.3 Å². The molecule has 1 saturated carbocycles. The summed E-state index contributed by atoms with van der Waals surface area (Å²) in [6.07, 6.45) is 8.82. The summed E-state index contributed by atoms with van der Waals surface area (Å²) in [4.78, 5) is 27.5. The number of carbonyl (C=O) groups excluding carboxylic acids is 2. The highest BCUT2D eigenvalue weighted by Gasteiger charge is 2.37. The quantitative estimate of drug-likeness (QED) is 0.648. The van der Waals surface area contributed by atoms with Crippen molar-refractivity contribution >= 4 is 23.5 Å². The SMILES string of the molecule is CCOc1cc(C2C(C(=O)OC)=CN(C3CCCCC3)C=C2C(=O)OC)cc(Cl)c1O. The second-order valence-corrected chi connectivity index (χ2v) is 8.01. The molecule has 7 nitrogen and oxygen atoms in total. The van der Waals surface area contributed by atoms with Crippen molar-refractivity contribution in [2.24, 2.45) is 0 Å². The Morgan fingerprint density at radius 3 is 2.16 bits per heavy atom. The van der Waals surface area contributed by atoms with Crippen LogP contribution in [-0.4, -0.2) is 48.8 Å². The third-order valence-corrected chi connectivity index (χ3v) is 6.01. The number of benzene rings is 1. The Kier molecular flexibility index (Phi) is 7.49. The van der Waals surface area contributed by atoms with E-state index >= 15 is 0 Å². The van der Waals surface area contributed by atoms with Crippen molar-refractivity contribution in [1.29, 1.82) is 0 Å². The maximum Gasteiger partial charge on any atom is 0.336 e. The third kappa shape index (κ3) is 4.82. The van der Waals surface area contributed by atoms with Crippen LogP contribution in [0, 0.1) is 0 Å². The number of methoxy groups -OCH3 is 2. The van der Waals surface area contributed by atoms with E-state index in [1.165, 1.54) is 26.7 Å². The van der Waals surface area contributed by atoms with Crippen molar-refractivity contribution in [1.82, 2.24) is 4.90 Å². The number of hydrogen-bond donors (Lipinski definition) is 1. The summed E-state index contributed by atoms with van der Waals surface area (Å²) in [6, 6.07) is 3.30. The Bertz CT molecular complexity index is 870. The molecule has 8 heteroatoms. The van der Waals surface area contributed by atoms with Crippen molar-refractivity contribution in [3.63, 3.8) is 0 Å². The number of aromatic hydroxyl groups is 1. The number of nitrogens with zero attached hydrogens (tertiary/aromatic N) is 1. The zero-order valence-corrected chi connectivity index (χ0v) is 18.8. The second kappa shape index (κ2) is 10.1. The Labute approximate surface area is 187 Å². The largest absolute Gasteiger partial charge is 0.503 e. The van der Waals surface area contributed by atoms with E-state index in [1.807, 2.05) is 4.90 Å². The minimum absolute atomic E-state index is 0.0593. The first-order valence-electron chi connectivity index (χ1n) is 10.4. The molecule has 0 radical (unpaired) electrons. The highest BCUT2D eigenvalue weighted by molar-refractivity contribution is 6.32. The lowest BCUT2D eigenvalue weighted by atomic mass is 9.82. The molecule has 3 rings (SSSR count). The van der Waals surface area contributed by atoms with Crippen LogP contribution in [0.2, 0.25) is 5.02 Å². The fourth-order valence-electron chi connectivity index (χ4n) is 4.23. The minimum atomic E-state index is -0.781. The van der Waals surface area contributed by atoms with Gasteiger partial charge in [0.05, 0.1) is 42.9 Å². The van der Waals surface area contributed by atoms with Gasteiger partial charge >= 0.3 is 11.9 Å². The van der Waals surface area contributed by atoms with Gasteiger partial charge in [0, 0.05) is 18.4 Å². The number of rotatable bonds is 6. The van der Waals surface area contributed by atoms with Gasteiger partial charge in [-0.1, -0.05) is 30.9 Å². The van der Waals surface area contributed by atoms with E-state index in [0.717, 1.165) is 25.7 Å². The van der Waals surface area contributed by atoms with Crippen molar-refractivity contribution < 1.29 is 28.9 Å². The van der Waals surface area contributed by atoms with Crippen molar-refractivity contribution in [3.8, 4) is 11.5 Å². The minimum Gasteiger partial charge on any atom is -0.503 e. The standard InChI is InChI=1S/C23H28ClNO6/c1-4-31-19-11-14(10-18(24)21(19)26)20-16(22(27)29-2)12-25(13-17(20)23(28)30-3)15-8-6-5-7-9-15/h10-13,15,20,26H,4-9H2,1-3H3. The van der Waals surface area contributed by atoms with E-state index in [9.17, 15) is 14.7 Å². The van der Waals surface area contributed by atoms with Gasteiger partial charge in [0.1, 0.15) is 0 Å². The van der Waals surface area contributed by atoms with E-state index in [0.29, 0.717) is 23.3 Å². The van der Waals surface area contributed by atoms with E-state index in [2.05, 4.69) is 0 Å². The Morgan fingerprint density at radius 2 is 1.65 bits per heavy atom. The number of esters is 2. The number of phenolic OH excluding ortho intramolecular Hbond substituents is 1. The van der Waals surface area contributed by atoms with Gasteiger partial charge in [-0.2, -0.15) is 0 Å². The first-order valence-corrected chi connectivity index (χ1v) is 10.8. The van der Waals surface area contributed by atoms with Crippen molar-refractivity contribution in [2.75, 3.05) is 20.8 Å². The van der Waals surface area contributed by atoms with Gasteiger partial charge in [-0.15, -0.1) is 0 Å². The van der Waals surface area contributed by atoms with Gasteiger partial charge in [-0.25, -0.2) is 9.59 Å². The number of halogens is 1. The number of ether oxygens (including phenoxy) is 3. The molecule has 0 amide bonds. The first-order chi connectivity index (χ1) is 14.9. The van der Waals surface area contributed by atoms with E-state index in [1.54, 1.807) is 25.4 Å². The van der Waals surface area contributed by atoms with Crippen LogP contribution in [0.15, 0.2) is 35.7 Å². The van der Waals surface area contributed by atoms with E-state index in [-0.39, 0.29) is 22.6 Å². The molecule has 31 heavy (non-hydrogen) atoms. The summed E-state index contributed by atoms with van der Waals surface area (Å²) >= 11 is 6.23. The summed E-state index contributed by atoms with van der Waals surface area (Å²) in [5, 5.41) is 10.3. The van der Waals surface area contributed by atoms with Gasteiger partial charge in [0.25, 0.3) is 0 Å². The van der Waals surface area contributed by atoms with Crippen LogP contribution < -0.4 is 4.74 Å². The average Bonchev–Trinajstić information content (AvgIpc) is 2.80. The van der Waals surface area contributed by atoms with Crippen LogP contribution in [0.4, 0.5) is 0 Å². The second-order valence-electron chi connectivity index (χ2n) is 7.61. The van der Waals surface area contributed by atoms with Crippen molar-refractivity contribution in [3.05, 3.63) is 46.3 Å². The van der Waals surface area contributed by atoms with E-state index < -0.39 is 17.9 Å². The first kappa shape index (κ1) is 23.0. The normalized spacial score (nSPS) is 17.6. The molecule has 1 fully saturated rings. The smallest absolute Gasteiger partial charge is 0.336 e. The summed E-state index contributed by atoms with van der Waals surface area (Å²) in [5.74, 6) is -1.91. The Morgan fingerprint density at radius 1 is 1.06 bits per heavy atom. The van der Waals surface area contributed by atoms with E-state index in [4.69, 9.17) is 25.8 Å². The molecule has 1 aliphatic carbocycles. The highest BCUT2D eigenvalue weighted by Crippen LogP contribution is 2.44. The van der Waals surface area contributed by atoms with Gasteiger partial charge in [0.2, 0.25) is 0 Å². The zero-order chi connectivity index (χ0) is 22.5. The number of carbonyl (C=O) groups is 2. The molecule has 0 spiro atoms. The maximum atomic E-state index is 12.8. The number of hydrogen-bond acceptors (Lipinski definition) is 7. The lowest BCUT2D eigenvalue weighted by Gasteiger charge is -2.36. The maximum absolute atomic E-state index is 12.8. The van der Waals surface area contributed by atoms with Crippen LogP contribution in [0.5, 0.6) is 11.5 Å². The monoisotopic (exact) mass is 449 g/mol. The van der Waals surface area contributed by atoms with Gasteiger partial charge < -0.3 is 24.2 Å². The molecule has 1 aromatic carbocycles. The molecule has 0 unspecified atom stereocenters. The summed E-state index contributed by atoms with van der Waals surface area (Å²) in [6.45, 7) is 2.09.